The zero-order valence-electron chi connectivity index (χ0n) is 16.1. The highest BCUT2D eigenvalue weighted by molar-refractivity contribution is 7.86. The van der Waals surface area contributed by atoms with Crippen LogP contribution < -0.4 is 0 Å². The van der Waals surface area contributed by atoms with Crippen LogP contribution in [0.3, 0.4) is 0 Å². The van der Waals surface area contributed by atoms with E-state index in [4.69, 9.17) is 11.6 Å². The number of benzene rings is 3. The first kappa shape index (κ1) is 24.3. The molecule has 0 atom stereocenters. The van der Waals surface area contributed by atoms with E-state index >= 15 is 0 Å². The van der Waals surface area contributed by atoms with Gasteiger partial charge in [-0.25, -0.2) is 0 Å². The van der Waals surface area contributed by atoms with Crippen LogP contribution in [-0.4, -0.2) is 38.9 Å². The summed E-state index contributed by atoms with van der Waals surface area (Å²) < 4.78 is 98.2. The Morgan fingerprint density at radius 1 is 0.625 bits per heavy atom. The van der Waals surface area contributed by atoms with Crippen molar-refractivity contribution in [2.24, 2.45) is 0 Å². The average molecular weight is 519 g/mol. The predicted molar refractivity (Wildman–Crippen MR) is 117 cm³/mol. The van der Waals surface area contributed by atoms with Gasteiger partial charge in [-0.2, -0.15) is 25.3 Å². The van der Waals surface area contributed by atoms with Crippen molar-refractivity contribution >= 4 is 42.0 Å². The van der Waals surface area contributed by atoms with E-state index in [2.05, 4.69) is 0 Å². The van der Waals surface area contributed by atoms with Gasteiger partial charge >= 0.3 is 0 Å². The normalized spacial score (nSPS) is 12.7. The van der Waals surface area contributed by atoms with Crippen molar-refractivity contribution in [3.05, 3.63) is 65.2 Å². The van der Waals surface area contributed by atoms with Gasteiger partial charge in [-0.15, -0.1) is 0 Å². The Morgan fingerprint density at radius 2 is 1.12 bits per heavy atom. The summed E-state index contributed by atoms with van der Waals surface area (Å²) >= 11 is 6.20. The van der Waals surface area contributed by atoms with E-state index in [1.807, 2.05) is 0 Å². The Balaban J connectivity index is 2.41. The van der Waals surface area contributed by atoms with Crippen LogP contribution in [0.1, 0.15) is 5.56 Å². The van der Waals surface area contributed by atoms with Gasteiger partial charge in [0.15, 0.2) is 0 Å². The van der Waals surface area contributed by atoms with Gasteiger partial charge in [-0.3, -0.25) is 13.7 Å². The molecule has 0 amide bonds. The lowest BCUT2D eigenvalue weighted by molar-refractivity contribution is 0.481. The molecule has 3 N–H and O–H groups in total. The van der Waals surface area contributed by atoms with Crippen LogP contribution in [0.5, 0.6) is 0 Å². The van der Waals surface area contributed by atoms with Crippen LogP contribution in [0.4, 0.5) is 0 Å². The van der Waals surface area contributed by atoms with Gasteiger partial charge in [-0.05, 0) is 71.6 Å². The lowest BCUT2D eigenvalue weighted by Crippen LogP contribution is -2.03. The Kier molecular flexibility index (Phi) is 6.25. The summed E-state index contributed by atoms with van der Waals surface area (Å²) in [6.45, 7) is 1.54. The number of hydrogen-bond donors (Lipinski definition) is 3. The minimum Gasteiger partial charge on any atom is -0.282 e. The molecular weight excluding hydrogens is 504 g/mol. The van der Waals surface area contributed by atoms with Crippen LogP contribution in [0.2, 0.25) is 5.02 Å². The van der Waals surface area contributed by atoms with Crippen molar-refractivity contribution in [3.63, 3.8) is 0 Å². The van der Waals surface area contributed by atoms with Gasteiger partial charge in [0.25, 0.3) is 30.4 Å². The summed E-state index contributed by atoms with van der Waals surface area (Å²) in [5.74, 6) is 0. The summed E-state index contributed by atoms with van der Waals surface area (Å²) in [6, 6.07) is 10.4. The predicted octanol–water partition coefficient (Wildman–Crippen LogP) is 3.72. The highest BCUT2D eigenvalue weighted by atomic mass is 35.5. The van der Waals surface area contributed by atoms with E-state index in [1.54, 1.807) is 0 Å². The first-order valence-corrected chi connectivity index (χ1v) is 13.3. The second-order valence-corrected chi connectivity index (χ2v) is 11.4. The molecule has 3 rings (SSSR count). The maximum atomic E-state index is 11.9. The molecular formula is C19H15ClO9S3. The molecule has 0 radical (unpaired) electrons. The second kappa shape index (κ2) is 8.23. The summed E-state index contributed by atoms with van der Waals surface area (Å²) in [7, 11) is -13.9. The van der Waals surface area contributed by atoms with Crippen LogP contribution in [-0.2, 0) is 30.4 Å². The number of rotatable bonds is 5. The van der Waals surface area contributed by atoms with E-state index in [1.165, 1.54) is 25.1 Å². The molecule has 3 aromatic carbocycles. The van der Waals surface area contributed by atoms with Gasteiger partial charge in [0, 0.05) is 10.6 Å². The monoisotopic (exact) mass is 518 g/mol. The smallest absolute Gasteiger partial charge is 0.282 e. The number of hydrogen-bond acceptors (Lipinski definition) is 6. The summed E-state index contributed by atoms with van der Waals surface area (Å²) in [5, 5.41) is 0.0191. The standard InChI is InChI=1S/C19H15ClO9S3/c1-11-16(12-3-2-4-13(7-12)30(21,22)23)9-15(32(27,28)29)10-17(11)18-8-14(31(24,25)26)5-6-19(18)20/h2-10H,1H3,(H,21,22,23)(H,24,25,26)(H,27,28,29). The molecule has 9 nitrogen and oxygen atoms in total. The zero-order chi connectivity index (χ0) is 24.1. The van der Waals surface area contributed by atoms with Gasteiger partial charge in [0.05, 0.1) is 14.7 Å². The fourth-order valence-corrected chi connectivity index (χ4v) is 4.90. The van der Waals surface area contributed by atoms with Crippen LogP contribution >= 0.6 is 11.6 Å². The van der Waals surface area contributed by atoms with Crippen molar-refractivity contribution in [2.45, 2.75) is 21.6 Å². The highest BCUT2D eigenvalue weighted by Crippen LogP contribution is 2.39. The van der Waals surface area contributed by atoms with E-state index in [9.17, 15) is 38.9 Å². The molecule has 0 aliphatic carbocycles. The van der Waals surface area contributed by atoms with E-state index in [-0.39, 0.29) is 27.3 Å². The van der Waals surface area contributed by atoms with Crippen molar-refractivity contribution in [1.29, 1.82) is 0 Å². The molecule has 0 aliphatic rings. The van der Waals surface area contributed by atoms with Gasteiger partial charge < -0.3 is 0 Å². The Hall–Kier alpha value is -2.32. The molecule has 0 bridgehead atoms. The maximum absolute atomic E-state index is 11.9. The van der Waals surface area contributed by atoms with Crippen LogP contribution in [0.25, 0.3) is 22.3 Å². The Labute approximate surface area is 189 Å². The second-order valence-electron chi connectivity index (χ2n) is 6.74. The van der Waals surface area contributed by atoms with Crippen LogP contribution in [0, 0.1) is 6.92 Å². The minimum atomic E-state index is -4.75. The van der Waals surface area contributed by atoms with Crippen LogP contribution in [0.15, 0.2) is 69.3 Å². The molecule has 0 saturated carbocycles. The lowest BCUT2D eigenvalue weighted by atomic mass is 9.92. The molecule has 0 aliphatic heterocycles. The van der Waals surface area contributed by atoms with Gasteiger partial charge in [-0.1, -0.05) is 23.7 Å². The van der Waals surface area contributed by atoms with Crippen molar-refractivity contribution in [2.75, 3.05) is 0 Å². The molecule has 0 unspecified atom stereocenters. The van der Waals surface area contributed by atoms with E-state index in [0.717, 1.165) is 36.4 Å². The van der Waals surface area contributed by atoms with Gasteiger partial charge in [0.1, 0.15) is 0 Å². The quantitative estimate of drug-likeness (QED) is 0.427. The molecule has 13 heteroatoms. The third-order valence-electron chi connectivity index (χ3n) is 4.65. The Bertz CT molecular complexity index is 1560. The molecule has 170 valence electrons. The largest absolute Gasteiger partial charge is 0.294 e. The molecule has 0 heterocycles. The molecule has 0 spiro atoms. The summed E-state index contributed by atoms with van der Waals surface area (Å²) in [6.07, 6.45) is 0. The van der Waals surface area contributed by atoms with Crippen molar-refractivity contribution in [3.8, 4) is 22.3 Å². The molecule has 32 heavy (non-hydrogen) atoms. The lowest BCUT2D eigenvalue weighted by Gasteiger charge is -2.16. The molecule has 0 aromatic heterocycles. The van der Waals surface area contributed by atoms with Crippen molar-refractivity contribution < 1.29 is 38.9 Å². The molecule has 0 fully saturated rings. The average Bonchev–Trinajstić information content (AvgIpc) is 2.66. The fourth-order valence-electron chi connectivity index (χ4n) is 3.11. The third kappa shape index (κ3) is 5.02. The first-order valence-electron chi connectivity index (χ1n) is 8.56. The summed E-state index contributed by atoms with van der Waals surface area (Å²) in [5.41, 5.74) is 0.833. The van der Waals surface area contributed by atoms with E-state index in [0.29, 0.717) is 5.56 Å². The third-order valence-corrected chi connectivity index (χ3v) is 7.51. The zero-order valence-corrected chi connectivity index (χ0v) is 19.3. The highest BCUT2D eigenvalue weighted by Gasteiger charge is 2.21. The summed E-state index contributed by atoms with van der Waals surface area (Å²) in [4.78, 5) is -1.51. The molecule has 0 saturated heterocycles. The molecule has 3 aromatic rings. The van der Waals surface area contributed by atoms with E-state index < -0.39 is 45.0 Å². The van der Waals surface area contributed by atoms with Crippen molar-refractivity contribution in [1.82, 2.24) is 0 Å². The topological polar surface area (TPSA) is 163 Å². The SMILES string of the molecule is Cc1c(-c2cccc(S(=O)(=O)O)c2)cc(S(=O)(=O)O)cc1-c1cc(S(=O)(=O)O)ccc1Cl. The van der Waals surface area contributed by atoms with Gasteiger partial charge in [0.2, 0.25) is 0 Å². The fraction of sp³-hybridized carbons (Fsp3) is 0.0526. The number of halogens is 1. The maximum Gasteiger partial charge on any atom is 0.294 e. The first-order chi connectivity index (χ1) is 14.6. The Morgan fingerprint density at radius 3 is 1.69 bits per heavy atom. The minimum absolute atomic E-state index is 0.0191.